The number of nitrogens with zero attached hydrogens (tertiary/aromatic N) is 4. The van der Waals surface area contributed by atoms with Gasteiger partial charge < -0.3 is 9.30 Å². The van der Waals surface area contributed by atoms with E-state index >= 15 is 0 Å². The first-order chi connectivity index (χ1) is 34.2. The van der Waals surface area contributed by atoms with E-state index in [0.29, 0.717) is 17.5 Å². The zero-order chi connectivity index (χ0) is 45.5. The Bertz CT molecular complexity index is 3870. The Kier molecular flexibility index (Phi) is 8.73. The Morgan fingerprint density at radius 1 is 0.319 bits per heavy atom. The lowest BCUT2D eigenvalue weighted by molar-refractivity contribution is 0.436. The van der Waals surface area contributed by atoms with Crippen LogP contribution in [0.4, 0.5) is 0 Å². The molecular formula is C64H40N4O. The van der Waals surface area contributed by atoms with Crippen LogP contribution < -0.4 is 4.74 Å². The van der Waals surface area contributed by atoms with Crippen LogP contribution in [0, 0.1) is 0 Å². The fraction of sp³-hybridized carbons (Fsp3) is 0.0156. The minimum atomic E-state index is -0.691. The quantitative estimate of drug-likeness (QED) is 0.167. The number of aromatic nitrogens is 4. The highest BCUT2D eigenvalue weighted by atomic mass is 16.5. The van der Waals surface area contributed by atoms with Gasteiger partial charge in [0.05, 0.1) is 16.4 Å². The monoisotopic (exact) mass is 880 g/mol. The highest BCUT2D eigenvalue weighted by molar-refractivity contribution is 6.12. The lowest BCUT2D eigenvalue weighted by Gasteiger charge is -2.39. The van der Waals surface area contributed by atoms with E-state index in [4.69, 9.17) is 19.7 Å². The first kappa shape index (κ1) is 39.0. The fourth-order valence-corrected chi connectivity index (χ4v) is 11.1. The van der Waals surface area contributed by atoms with Gasteiger partial charge in [0.1, 0.15) is 11.5 Å². The first-order valence-electron chi connectivity index (χ1n) is 23.4. The van der Waals surface area contributed by atoms with Crippen LogP contribution in [-0.2, 0) is 5.41 Å². The largest absolute Gasteiger partial charge is 0.457 e. The van der Waals surface area contributed by atoms with E-state index in [9.17, 15) is 0 Å². The maximum Gasteiger partial charge on any atom is 0.164 e. The Labute approximate surface area is 399 Å². The number of fused-ring (bicyclic) bond motifs is 12. The van der Waals surface area contributed by atoms with Crippen molar-refractivity contribution in [1.29, 1.82) is 0 Å². The van der Waals surface area contributed by atoms with Gasteiger partial charge in [0, 0.05) is 44.3 Å². The number of para-hydroxylation sites is 3. The number of hydrogen-bond donors (Lipinski definition) is 0. The van der Waals surface area contributed by atoms with Crippen LogP contribution in [0.5, 0.6) is 11.5 Å². The molecule has 0 N–H and O–H groups in total. The smallest absolute Gasteiger partial charge is 0.164 e. The van der Waals surface area contributed by atoms with Crippen molar-refractivity contribution in [2.45, 2.75) is 5.41 Å². The standard InChI is InChI=1S/C64H40N4O/c1-5-18-41(19-6-1)44-33-36-56-49(38-44)50-39-46(34-37-57(50)68(56)47-24-11-4-12-25-47)45-32-35-52-51(40-45)60-48(63-66-61(42-20-7-2-8-21-42)65-62(67-63)43-22-9-3-10-23-43)26-17-29-55(60)64(52)53-27-13-15-30-58(53)69-59-31-16-14-28-54(59)64/h1-40H. The summed E-state index contributed by atoms with van der Waals surface area (Å²) in [6.07, 6.45) is 0. The minimum Gasteiger partial charge on any atom is -0.457 e. The highest BCUT2D eigenvalue weighted by Gasteiger charge is 2.52. The van der Waals surface area contributed by atoms with Crippen LogP contribution in [0.1, 0.15) is 22.3 Å². The molecule has 5 heteroatoms. The van der Waals surface area contributed by atoms with E-state index in [0.717, 1.165) is 78.3 Å². The molecule has 12 aromatic rings. The number of rotatable bonds is 6. The molecule has 0 saturated carbocycles. The van der Waals surface area contributed by atoms with Gasteiger partial charge in [-0.3, -0.25) is 0 Å². The van der Waals surface area contributed by atoms with Crippen LogP contribution in [0.25, 0.3) is 95.0 Å². The molecule has 1 aliphatic heterocycles. The van der Waals surface area contributed by atoms with Crippen molar-refractivity contribution in [2.75, 3.05) is 0 Å². The molecule has 0 saturated heterocycles. The Morgan fingerprint density at radius 3 is 1.38 bits per heavy atom. The number of ether oxygens (including phenoxy) is 1. The lowest BCUT2D eigenvalue weighted by Crippen LogP contribution is -2.32. The third-order valence-electron chi connectivity index (χ3n) is 14.1. The third-order valence-corrected chi connectivity index (χ3v) is 14.1. The van der Waals surface area contributed by atoms with Crippen molar-refractivity contribution < 1.29 is 4.74 Å². The van der Waals surface area contributed by atoms with E-state index in [2.05, 4.69) is 211 Å². The predicted octanol–water partition coefficient (Wildman–Crippen LogP) is 15.8. The molecule has 0 atom stereocenters. The van der Waals surface area contributed by atoms with Gasteiger partial charge in [-0.25, -0.2) is 15.0 Å². The zero-order valence-electron chi connectivity index (χ0n) is 37.3. The van der Waals surface area contributed by atoms with Crippen molar-refractivity contribution in [2.24, 2.45) is 0 Å². The van der Waals surface area contributed by atoms with Gasteiger partial charge in [-0.1, -0.05) is 188 Å². The lowest BCUT2D eigenvalue weighted by atomic mass is 9.66. The highest BCUT2D eigenvalue weighted by Crippen LogP contribution is 2.63. The Balaban J connectivity index is 1.04. The molecule has 10 aromatic carbocycles. The third kappa shape index (κ3) is 6.00. The molecule has 1 spiro atoms. The van der Waals surface area contributed by atoms with Crippen LogP contribution in [0.3, 0.4) is 0 Å². The van der Waals surface area contributed by atoms with Crippen LogP contribution in [-0.4, -0.2) is 19.5 Å². The normalized spacial score (nSPS) is 12.9. The molecule has 69 heavy (non-hydrogen) atoms. The van der Waals surface area contributed by atoms with Gasteiger partial charge in [0.15, 0.2) is 17.5 Å². The summed E-state index contributed by atoms with van der Waals surface area (Å²) in [7, 11) is 0. The van der Waals surface area contributed by atoms with Crippen molar-refractivity contribution in [1.82, 2.24) is 19.5 Å². The summed E-state index contributed by atoms with van der Waals surface area (Å²) in [6.45, 7) is 0. The molecule has 322 valence electrons. The van der Waals surface area contributed by atoms with Crippen LogP contribution >= 0.6 is 0 Å². The van der Waals surface area contributed by atoms with Gasteiger partial charge >= 0.3 is 0 Å². The zero-order valence-corrected chi connectivity index (χ0v) is 37.3. The fourth-order valence-electron chi connectivity index (χ4n) is 11.1. The van der Waals surface area contributed by atoms with E-state index in [1.807, 2.05) is 36.4 Å². The van der Waals surface area contributed by atoms with Gasteiger partial charge in [0.2, 0.25) is 0 Å². The maximum absolute atomic E-state index is 6.74. The minimum absolute atomic E-state index is 0.617. The van der Waals surface area contributed by atoms with Gasteiger partial charge in [-0.05, 0) is 99.1 Å². The van der Waals surface area contributed by atoms with Gasteiger partial charge in [-0.2, -0.15) is 0 Å². The molecule has 5 nitrogen and oxygen atoms in total. The predicted molar refractivity (Wildman–Crippen MR) is 279 cm³/mol. The molecule has 2 aliphatic rings. The van der Waals surface area contributed by atoms with E-state index in [1.54, 1.807) is 0 Å². The molecule has 0 unspecified atom stereocenters. The Morgan fingerprint density at radius 2 is 0.783 bits per heavy atom. The SMILES string of the molecule is c1ccc(-c2ccc3c(c2)c2cc(-c4ccc5c(c4)-c4c(-c6nc(-c7ccccc7)nc(-c7ccccc7)n6)cccc4C54c5ccccc5Oc5ccccc54)ccc2n3-c2ccccc2)cc1. The summed E-state index contributed by atoms with van der Waals surface area (Å²) in [5.74, 6) is 3.55. The van der Waals surface area contributed by atoms with Crippen molar-refractivity contribution in [3.63, 3.8) is 0 Å². The second-order valence-corrected chi connectivity index (χ2v) is 17.9. The summed E-state index contributed by atoms with van der Waals surface area (Å²) >= 11 is 0. The average Bonchev–Trinajstić information content (AvgIpc) is 3.91. The van der Waals surface area contributed by atoms with Crippen molar-refractivity contribution in [3.8, 4) is 84.7 Å². The second kappa shape index (κ2) is 15.4. The van der Waals surface area contributed by atoms with Crippen molar-refractivity contribution in [3.05, 3.63) is 265 Å². The summed E-state index contributed by atoms with van der Waals surface area (Å²) in [4.78, 5) is 15.7. The summed E-state index contributed by atoms with van der Waals surface area (Å²) in [6, 6.07) is 86.3. The molecule has 0 bridgehead atoms. The first-order valence-corrected chi connectivity index (χ1v) is 23.4. The molecule has 3 heterocycles. The second-order valence-electron chi connectivity index (χ2n) is 17.9. The van der Waals surface area contributed by atoms with Crippen LogP contribution in [0.2, 0.25) is 0 Å². The molecule has 14 rings (SSSR count). The summed E-state index contributed by atoms with van der Waals surface area (Å²) in [5, 5.41) is 2.40. The van der Waals surface area contributed by atoms with Gasteiger partial charge in [-0.15, -0.1) is 0 Å². The molecule has 0 radical (unpaired) electrons. The number of benzene rings is 10. The topological polar surface area (TPSA) is 52.8 Å². The molecule has 1 aliphatic carbocycles. The molecule has 0 fully saturated rings. The Hall–Kier alpha value is -9.19. The summed E-state index contributed by atoms with van der Waals surface area (Å²) < 4.78 is 9.13. The molecule has 0 amide bonds. The molecular weight excluding hydrogens is 841 g/mol. The molecule has 2 aromatic heterocycles. The summed E-state index contributed by atoms with van der Waals surface area (Å²) in [5.41, 5.74) is 17.0. The van der Waals surface area contributed by atoms with E-state index in [-0.39, 0.29) is 0 Å². The maximum atomic E-state index is 6.74. The average molecular weight is 881 g/mol. The van der Waals surface area contributed by atoms with E-state index in [1.165, 1.54) is 33.0 Å². The van der Waals surface area contributed by atoms with Crippen molar-refractivity contribution >= 4 is 21.8 Å². The van der Waals surface area contributed by atoms with Gasteiger partial charge in [0.25, 0.3) is 0 Å². The van der Waals surface area contributed by atoms with E-state index < -0.39 is 5.41 Å². The number of hydrogen-bond acceptors (Lipinski definition) is 4. The van der Waals surface area contributed by atoms with Crippen LogP contribution in [0.15, 0.2) is 243 Å².